The average Bonchev–Trinajstić information content (AvgIpc) is 2.46. The van der Waals surface area contributed by atoms with Gasteiger partial charge in [-0.3, -0.25) is 9.78 Å². The Balaban J connectivity index is 1.82. The third-order valence-corrected chi connectivity index (χ3v) is 3.10. The Morgan fingerprint density at radius 3 is 3.06 bits per heavy atom. The van der Waals surface area contributed by atoms with Crippen molar-refractivity contribution in [1.82, 2.24) is 10.3 Å². The van der Waals surface area contributed by atoms with Crippen molar-refractivity contribution < 1.29 is 9.53 Å². The van der Waals surface area contributed by atoms with E-state index in [0.717, 1.165) is 31.6 Å². The summed E-state index contributed by atoms with van der Waals surface area (Å²) >= 11 is 0. The predicted molar refractivity (Wildman–Crippen MR) is 68.0 cm³/mol. The molecule has 18 heavy (non-hydrogen) atoms. The summed E-state index contributed by atoms with van der Waals surface area (Å²) < 4.78 is 5.37. The molecule has 5 nitrogen and oxygen atoms in total. The van der Waals surface area contributed by atoms with Crippen LogP contribution in [0.25, 0.3) is 0 Å². The maximum absolute atomic E-state index is 11.8. The Kier molecular flexibility index (Phi) is 4.66. The number of ether oxygens (including phenoxy) is 1. The SMILES string of the molecule is NCc1ccc(C(=O)NCC2CCCOC2)nc1. The molecule has 0 aliphatic carbocycles. The molecular formula is C13H19N3O2. The molecule has 5 heteroatoms. The third-order valence-electron chi connectivity index (χ3n) is 3.10. The second-order valence-electron chi connectivity index (χ2n) is 4.55. The number of aromatic nitrogens is 1. The van der Waals surface area contributed by atoms with Gasteiger partial charge in [-0.05, 0) is 30.4 Å². The Morgan fingerprint density at radius 2 is 2.44 bits per heavy atom. The molecule has 1 unspecified atom stereocenters. The molecule has 3 N–H and O–H groups in total. The van der Waals surface area contributed by atoms with Gasteiger partial charge in [0.1, 0.15) is 5.69 Å². The fourth-order valence-corrected chi connectivity index (χ4v) is 1.98. The number of pyridine rings is 1. The topological polar surface area (TPSA) is 77.2 Å². The number of hydrogen-bond acceptors (Lipinski definition) is 4. The van der Waals surface area contributed by atoms with E-state index < -0.39 is 0 Å². The van der Waals surface area contributed by atoms with Crippen LogP contribution in [0.5, 0.6) is 0 Å². The minimum absolute atomic E-state index is 0.135. The molecular weight excluding hydrogens is 230 g/mol. The van der Waals surface area contributed by atoms with Gasteiger partial charge >= 0.3 is 0 Å². The lowest BCUT2D eigenvalue weighted by Gasteiger charge is -2.22. The van der Waals surface area contributed by atoms with Crippen LogP contribution >= 0.6 is 0 Å². The first-order valence-electron chi connectivity index (χ1n) is 6.30. The van der Waals surface area contributed by atoms with Crippen molar-refractivity contribution in [3.05, 3.63) is 29.6 Å². The molecule has 1 saturated heterocycles. The smallest absolute Gasteiger partial charge is 0.269 e. The summed E-state index contributed by atoms with van der Waals surface area (Å²) in [5, 5.41) is 2.89. The molecule has 2 heterocycles. The van der Waals surface area contributed by atoms with Crippen LogP contribution in [0.1, 0.15) is 28.9 Å². The van der Waals surface area contributed by atoms with Crippen molar-refractivity contribution in [1.29, 1.82) is 0 Å². The second kappa shape index (κ2) is 6.47. The van der Waals surface area contributed by atoms with Crippen LogP contribution in [-0.4, -0.2) is 30.6 Å². The summed E-state index contributed by atoms with van der Waals surface area (Å²) in [6.07, 6.45) is 3.82. The van der Waals surface area contributed by atoms with Gasteiger partial charge in [-0.2, -0.15) is 0 Å². The largest absolute Gasteiger partial charge is 0.381 e. The zero-order chi connectivity index (χ0) is 12.8. The molecule has 0 spiro atoms. The van der Waals surface area contributed by atoms with E-state index in [2.05, 4.69) is 10.3 Å². The van der Waals surface area contributed by atoms with E-state index in [1.54, 1.807) is 12.3 Å². The van der Waals surface area contributed by atoms with Crippen molar-refractivity contribution in [2.45, 2.75) is 19.4 Å². The van der Waals surface area contributed by atoms with Gasteiger partial charge in [0.05, 0.1) is 6.61 Å². The lowest BCUT2D eigenvalue weighted by atomic mass is 10.0. The molecule has 98 valence electrons. The van der Waals surface area contributed by atoms with Gasteiger partial charge in [-0.15, -0.1) is 0 Å². The lowest BCUT2D eigenvalue weighted by molar-refractivity contribution is 0.0535. The summed E-state index contributed by atoms with van der Waals surface area (Å²) in [4.78, 5) is 15.9. The normalized spacial score (nSPS) is 19.5. The predicted octanol–water partition coefficient (Wildman–Crippen LogP) is 0.697. The molecule has 0 aromatic carbocycles. The Labute approximate surface area is 107 Å². The molecule has 1 amide bonds. The first-order valence-corrected chi connectivity index (χ1v) is 6.30. The van der Waals surface area contributed by atoms with Crippen molar-refractivity contribution in [2.24, 2.45) is 11.7 Å². The summed E-state index contributed by atoms with van der Waals surface area (Å²) in [7, 11) is 0. The molecule has 0 bridgehead atoms. The highest BCUT2D eigenvalue weighted by molar-refractivity contribution is 5.92. The molecule has 2 rings (SSSR count). The Hall–Kier alpha value is -1.46. The van der Waals surface area contributed by atoms with Crippen molar-refractivity contribution in [3.8, 4) is 0 Å². The summed E-state index contributed by atoms with van der Waals surface area (Å²) in [5.41, 5.74) is 6.84. The van der Waals surface area contributed by atoms with Crippen LogP contribution in [0.2, 0.25) is 0 Å². The van der Waals surface area contributed by atoms with Gasteiger partial charge < -0.3 is 15.8 Å². The molecule has 1 aromatic heterocycles. The van der Waals surface area contributed by atoms with E-state index in [-0.39, 0.29) is 5.91 Å². The highest BCUT2D eigenvalue weighted by atomic mass is 16.5. The van der Waals surface area contributed by atoms with E-state index in [0.29, 0.717) is 24.7 Å². The number of nitrogens with zero attached hydrogens (tertiary/aromatic N) is 1. The van der Waals surface area contributed by atoms with Crippen molar-refractivity contribution in [3.63, 3.8) is 0 Å². The van der Waals surface area contributed by atoms with Gasteiger partial charge in [0.25, 0.3) is 5.91 Å². The van der Waals surface area contributed by atoms with E-state index >= 15 is 0 Å². The fraction of sp³-hybridized carbons (Fsp3) is 0.538. The van der Waals surface area contributed by atoms with Crippen LogP contribution in [-0.2, 0) is 11.3 Å². The minimum Gasteiger partial charge on any atom is -0.381 e. The maximum Gasteiger partial charge on any atom is 0.269 e. The highest BCUT2D eigenvalue weighted by Gasteiger charge is 2.15. The van der Waals surface area contributed by atoms with E-state index in [1.165, 1.54) is 0 Å². The van der Waals surface area contributed by atoms with Gasteiger partial charge in [-0.25, -0.2) is 0 Å². The number of rotatable bonds is 4. The number of carbonyl (C=O) groups is 1. The molecule has 1 fully saturated rings. The third kappa shape index (κ3) is 3.51. The van der Waals surface area contributed by atoms with E-state index in [9.17, 15) is 4.79 Å². The van der Waals surface area contributed by atoms with Gasteiger partial charge in [-0.1, -0.05) is 6.07 Å². The maximum atomic E-state index is 11.8. The number of carbonyl (C=O) groups excluding carboxylic acids is 1. The zero-order valence-corrected chi connectivity index (χ0v) is 10.4. The van der Waals surface area contributed by atoms with Crippen molar-refractivity contribution >= 4 is 5.91 Å². The van der Waals surface area contributed by atoms with Crippen LogP contribution < -0.4 is 11.1 Å². The lowest BCUT2D eigenvalue weighted by Crippen LogP contribution is -2.33. The first-order chi connectivity index (χ1) is 8.79. The summed E-state index contributed by atoms with van der Waals surface area (Å²) in [6.45, 7) is 2.67. The molecule has 1 aliphatic rings. The molecule has 1 aromatic rings. The van der Waals surface area contributed by atoms with E-state index in [4.69, 9.17) is 10.5 Å². The average molecular weight is 249 g/mol. The van der Waals surface area contributed by atoms with Crippen LogP contribution in [0.4, 0.5) is 0 Å². The van der Waals surface area contributed by atoms with E-state index in [1.807, 2.05) is 6.07 Å². The zero-order valence-electron chi connectivity index (χ0n) is 10.4. The number of amides is 1. The molecule has 1 atom stereocenters. The Bertz CT molecular complexity index is 386. The first kappa shape index (κ1) is 13.0. The molecule has 1 aliphatic heterocycles. The van der Waals surface area contributed by atoms with Crippen LogP contribution in [0.15, 0.2) is 18.3 Å². The van der Waals surface area contributed by atoms with Gasteiger partial charge in [0.2, 0.25) is 0 Å². The molecule has 0 saturated carbocycles. The van der Waals surface area contributed by atoms with Crippen LogP contribution in [0, 0.1) is 5.92 Å². The highest BCUT2D eigenvalue weighted by Crippen LogP contribution is 2.12. The number of nitrogens with two attached hydrogens (primary N) is 1. The van der Waals surface area contributed by atoms with Crippen molar-refractivity contribution in [2.75, 3.05) is 19.8 Å². The van der Waals surface area contributed by atoms with Gasteiger partial charge in [0, 0.05) is 25.9 Å². The Morgan fingerprint density at radius 1 is 1.56 bits per heavy atom. The monoisotopic (exact) mass is 249 g/mol. The molecule has 0 radical (unpaired) electrons. The minimum atomic E-state index is -0.135. The fourth-order valence-electron chi connectivity index (χ4n) is 1.98. The quantitative estimate of drug-likeness (QED) is 0.823. The van der Waals surface area contributed by atoms with Crippen LogP contribution in [0.3, 0.4) is 0 Å². The second-order valence-corrected chi connectivity index (χ2v) is 4.55. The number of nitrogens with one attached hydrogen (secondary N) is 1. The standard InChI is InChI=1S/C13H19N3O2/c14-6-10-3-4-12(15-7-10)13(17)16-8-11-2-1-5-18-9-11/h3-4,7,11H,1-2,5-6,8-9,14H2,(H,16,17). The number of hydrogen-bond donors (Lipinski definition) is 2. The van der Waals surface area contributed by atoms with Gasteiger partial charge in [0.15, 0.2) is 0 Å². The summed E-state index contributed by atoms with van der Waals surface area (Å²) in [6, 6.07) is 3.53. The summed E-state index contributed by atoms with van der Waals surface area (Å²) in [5.74, 6) is 0.287.